The predicted octanol–water partition coefficient (Wildman–Crippen LogP) is 2.36. The SMILES string of the molecule is CC1(CNc2ccccc2C#N)CCCNC1. The average molecular weight is 229 g/mol. The minimum absolute atomic E-state index is 0.292. The summed E-state index contributed by atoms with van der Waals surface area (Å²) in [7, 11) is 0. The summed E-state index contributed by atoms with van der Waals surface area (Å²) >= 11 is 0. The van der Waals surface area contributed by atoms with Crippen molar-refractivity contribution in [2.45, 2.75) is 19.8 Å². The molecule has 17 heavy (non-hydrogen) atoms. The maximum atomic E-state index is 9.02. The zero-order valence-corrected chi connectivity index (χ0v) is 10.3. The van der Waals surface area contributed by atoms with Crippen LogP contribution in [0.4, 0.5) is 5.69 Å². The molecule has 3 heteroatoms. The smallest absolute Gasteiger partial charge is 0.101 e. The fraction of sp³-hybridized carbons (Fsp3) is 0.500. The zero-order valence-electron chi connectivity index (χ0n) is 10.3. The van der Waals surface area contributed by atoms with Crippen LogP contribution in [0.3, 0.4) is 0 Å². The van der Waals surface area contributed by atoms with Crippen molar-refractivity contribution in [2.75, 3.05) is 25.0 Å². The van der Waals surface area contributed by atoms with Crippen molar-refractivity contribution in [1.82, 2.24) is 5.32 Å². The molecule has 90 valence electrons. The minimum atomic E-state index is 0.292. The molecule has 1 aromatic carbocycles. The van der Waals surface area contributed by atoms with Crippen LogP contribution < -0.4 is 10.6 Å². The highest BCUT2D eigenvalue weighted by Crippen LogP contribution is 2.26. The van der Waals surface area contributed by atoms with Crippen molar-refractivity contribution in [3.05, 3.63) is 29.8 Å². The highest BCUT2D eigenvalue weighted by Gasteiger charge is 2.26. The topological polar surface area (TPSA) is 47.9 Å². The van der Waals surface area contributed by atoms with Gasteiger partial charge in [0.1, 0.15) is 6.07 Å². The van der Waals surface area contributed by atoms with Gasteiger partial charge in [-0.15, -0.1) is 0 Å². The number of hydrogen-bond donors (Lipinski definition) is 2. The third-order valence-electron chi connectivity index (χ3n) is 3.44. The van der Waals surface area contributed by atoms with Crippen LogP contribution in [0.1, 0.15) is 25.3 Å². The Hall–Kier alpha value is -1.53. The lowest BCUT2D eigenvalue weighted by molar-refractivity contribution is 0.253. The van der Waals surface area contributed by atoms with Crippen LogP contribution in [0.15, 0.2) is 24.3 Å². The maximum Gasteiger partial charge on any atom is 0.101 e. The van der Waals surface area contributed by atoms with Crippen LogP contribution >= 0.6 is 0 Å². The van der Waals surface area contributed by atoms with Crippen molar-refractivity contribution >= 4 is 5.69 Å². The number of rotatable bonds is 3. The minimum Gasteiger partial charge on any atom is -0.383 e. The van der Waals surface area contributed by atoms with Gasteiger partial charge >= 0.3 is 0 Å². The second kappa shape index (κ2) is 5.20. The number of nitrogens with zero attached hydrogens (tertiary/aromatic N) is 1. The fourth-order valence-electron chi connectivity index (χ4n) is 2.31. The molecular weight excluding hydrogens is 210 g/mol. The molecule has 0 bridgehead atoms. The summed E-state index contributed by atoms with van der Waals surface area (Å²) in [6, 6.07) is 9.90. The predicted molar refractivity (Wildman–Crippen MR) is 69.9 cm³/mol. The van der Waals surface area contributed by atoms with Gasteiger partial charge in [0.05, 0.1) is 11.3 Å². The normalized spacial score (nSPS) is 24.0. The van der Waals surface area contributed by atoms with E-state index in [4.69, 9.17) is 5.26 Å². The van der Waals surface area contributed by atoms with Gasteiger partial charge in [0.2, 0.25) is 0 Å². The first-order chi connectivity index (χ1) is 8.23. The molecule has 0 amide bonds. The molecule has 1 saturated heterocycles. The quantitative estimate of drug-likeness (QED) is 0.836. The van der Waals surface area contributed by atoms with E-state index in [-0.39, 0.29) is 0 Å². The zero-order chi connectivity index (χ0) is 12.1. The Balaban J connectivity index is 2.00. The number of piperidine rings is 1. The number of nitriles is 1. The third kappa shape index (κ3) is 2.98. The second-order valence-corrected chi connectivity index (χ2v) is 5.10. The number of hydrogen-bond acceptors (Lipinski definition) is 3. The molecule has 1 heterocycles. The second-order valence-electron chi connectivity index (χ2n) is 5.10. The Morgan fingerprint density at radius 1 is 1.47 bits per heavy atom. The van der Waals surface area contributed by atoms with E-state index in [0.717, 1.165) is 30.9 Å². The van der Waals surface area contributed by atoms with Gasteiger partial charge in [-0.1, -0.05) is 19.1 Å². The van der Waals surface area contributed by atoms with E-state index < -0.39 is 0 Å². The van der Waals surface area contributed by atoms with E-state index in [9.17, 15) is 0 Å². The van der Waals surface area contributed by atoms with Crippen molar-refractivity contribution in [3.8, 4) is 6.07 Å². The van der Waals surface area contributed by atoms with Crippen molar-refractivity contribution in [1.29, 1.82) is 5.26 Å². The van der Waals surface area contributed by atoms with Crippen LogP contribution in [-0.2, 0) is 0 Å². The molecule has 0 spiro atoms. The molecule has 1 fully saturated rings. The maximum absolute atomic E-state index is 9.02. The highest BCUT2D eigenvalue weighted by atomic mass is 14.9. The van der Waals surface area contributed by atoms with Gasteiger partial charge in [0, 0.05) is 13.1 Å². The van der Waals surface area contributed by atoms with E-state index in [2.05, 4.69) is 23.6 Å². The largest absolute Gasteiger partial charge is 0.383 e. The number of anilines is 1. The van der Waals surface area contributed by atoms with Gasteiger partial charge in [0.25, 0.3) is 0 Å². The van der Waals surface area contributed by atoms with Gasteiger partial charge in [-0.3, -0.25) is 0 Å². The third-order valence-corrected chi connectivity index (χ3v) is 3.44. The van der Waals surface area contributed by atoms with Gasteiger partial charge in [-0.25, -0.2) is 0 Å². The van der Waals surface area contributed by atoms with Crippen LogP contribution in [0, 0.1) is 16.7 Å². The van der Waals surface area contributed by atoms with Crippen LogP contribution in [0.5, 0.6) is 0 Å². The van der Waals surface area contributed by atoms with Crippen LogP contribution in [0.2, 0.25) is 0 Å². The van der Waals surface area contributed by atoms with Crippen molar-refractivity contribution in [2.24, 2.45) is 5.41 Å². The molecule has 1 aliphatic heterocycles. The lowest BCUT2D eigenvalue weighted by Gasteiger charge is -2.34. The van der Waals surface area contributed by atoms with Crippen LogP contribution in [0.25, 0.3) is 0 Å². The Bertz CT molecular complexity index is 414. The molecule has 0 radical (unpaired) electrons. The number of benzene rings is 1. The molecule has 0 saturated carbocycles. The molecule has 1 atom stereocenters. The first-order valence-corrected chi connectivity index (χ1v) is 6.17. The summed E-state index contributed by atoms with van der Waals surface area (Å²) in [4.78, 5) is 0. The molecule has 1 unspecified atom stereocenters. The van der Waals surface area contributed by atoms with E-state index >= 15 is 0 Å². The monoisotopic (exact) mass is 229 g/mol. The van der Waals surface area contributed by atoms with E-state index in [1.54, 1.807) is 0 Å². The van der Waals surface area contributed by atoms with E-state index in [0.29, 0.717) is 5.41 Å². The molecule has 3 nitrogen and oxygen atoms in total. The Morgan fingerprint density at radius 2 is 2.29 bits per heavy atom. The molecule has 1 aliphatic rings. The Morgan fingerprint density at radius 3 is 3.00 bits per heavy atom. The van der Waals surface area contributed by atoms with Crippen molar-refractivity contribution < 1.29 is 0 Å². The summed E-state index contributed by atoms with van der Waals surface area (Å²) < 4.78 is 0. The van der Waals surface area contributed by atoms with E-state index in [1.165, 1.54) is 12.8 Å². The van der Waals surface area contributed by atoms with Gasteiger partial charge in [0.15, 0.2) is 0 Å². The number of para-hydroxylation sites is 1. The summed E-state index contributed by atoms with van der Waals surface area (Å²) in [5, 5.41) is 15.9. The average Bonchev–Trinajstić information content (AvgIpc) is 2.38. The van der Waals surface area contributed by atoms with Crippen molar-refractivity contribution in [3.63, 3.8) is 0 Å². The summed E-state index contributed by atoms with van der Waals surface area (Å²) in [5.74, 6) is 0. The van der Waals surface area contributed by atoms with E-state index in [1.807, 2.05) is 24.3 Å². The molecule has 2 N–H and O–H groups in total. The molecule has 0 aromatic heterocycles. The molecular formula is C14H19N3. The van der Waals surface area contributed by atoms with Gasteiger partial charge in [-0.2, -0.15) is 5.26 Å². The lowest BCUT2D eigenvalue weighted by Crippen LogP contribution is -2.42. The Kier molecular flexibility index (Phi) is 3.65. The van der Waals surface area contributed by atoms with Gasteiger partial charge in [-0.05, 0) is 36.9 Å². The summed E-state index contributed by atoms with van der Waals surface area (Å²) in [5.41, 5.74) is 1.96. The first kappa shape index (κ1) is 11.9. The highest BCUT2D eigenvalue weighted by molar-refractivity contribution is 5.57. The summed E-state index contributed by atoms with van der Waals surface area (Å²) in [6.45, 7) is 5.39. The molecule has 0 aliphatic carbocycles. The lowest BCUT2D eigenvalue weighted by atomic mass is 9.82. The molecule has 2 rings (SSSR count). The van der Waals surface area contributed by atoms with Crippen LogP contribution in [-0.4, -0.2) is 19.6 Å². The number of nitrogens with one attached hydrogen (secondary N) is 2. The van der Waals surface area contributed by atoms with Gasteiger partial charge < -0.3 is 10.6 Å². The standard InChI is InChI=1S/C14H19N3/c1-14(7-4-8-16-10-14)11-17-13-6-3-2-5-12(13)9-15/h2-3,5-6,16-17H,4,7-8,10-11H2,1H3. The Labute approximate surface area is 103 Å². The molecule has 1 aromatic rings. The summed E-state index contributed by atoms with van der Waals surface area (Å²) in [6.07, 6.45) is 2.47. The first-order valence-electron chi connectivity index (χ1n) is 6.17. The fourth-order valence-corrected chi connectivity index (χ4v) is 2.31.